The summed E-state index contributed by atoms with van der Waals surface area (Å²) in [5, 5.41) is 11.8. The third kappa shape index (κ3) is 2.96. The monoisotopic (exact) mass is 380 g/mol. The Morgan fingerprint density at radius 1 is 0.828 bits per heavy atom. The Hall–Kier alpha value is -3.25. The van der Waals surface area contributed by atoms with Crippen molar-refractivity contribution >= 4 is 33.3 Å². The van der Waals surface area contributed by atoms with Crippen LogP contribution >= 0.6 is 0 Å². The van der Waals surface area contributed by atoms with Crippen LogP contribution < -0.4 is 4.90 Å². The van der Waals surface area contributed by atoms with Gasteiger partial charge in [0, 0.05) is 17.8 Å². The summed E-state index contributed by atoms with van der Waals surface area (Å²) in [4.78, 5) is 2.06. The molecule has 0 spiro atoms. The van der Waals surface area contributed by atoms with Gasteiger partial charge in [-0.05, 0) is 42.5 Å². The number of benzene rings is 3. The quantitative estimate of drug-likeness (QED) is 0.375. The van der Waals surface area contributed by atoms with Crippen LogP contribution in [-0.2, 0) is 0 Å². The second kappa shape index (κ2) is 7.29. The summed E-state index contributed by atoms with van der Waals surface area (Å²) in [6.07, 6.45) is 6.46. The number of hydrogen-bond acceptors (Lipinski definition) is 3. The first kappa shape index (κ1) is 17.8. The molecular weight excluding hydrogens is 356 g/mol. The highest BCUT2D eigenvalue weighted by Crippen LogP contribution is 2.42. The van der Waals surface area contributed by atoms with Crippen LogP contribution in [0.1, 0.15) is 49.1 Å². The lowest BCUT2D eigenvalue weighted by atomic mass is 9.83. The number of anilines is 2. The van der Waals surface area contributed by atoms with E-state index in [-0.39, 0.29) is 0 Å². The minimum atomic E-state index is 0.591. The van der Waals surface area contributed by atoms with E-state index in [1.165, 1.54) is 43.1 Å². The van der Waals surface area contributed by atoms with Gasteiger partial charge in [-0.1, -0.05) is 61.7 Å². The molecule has 0 unspecified atom stereocenters. The summed E-state index contributed by atoms with van der Waals surface area (Å²) in [5.41, 5.74) is 5.80. The molecule has 144 valence electrons. The molecule has 1 heterocycles. The average molecular weight is 380 g/mol. The summed E-state index contributed by atoms with van der Waals surface area (Å²) in [6, 6.07) is 22.9. The second-order valence-electron chi connectivity index (χ2n) is 8.00. The Morgan fingerprint density at radius 3 is 2.31 bits per heavy atom. The molecule has 5 rings (SSSR count). The number of rotatable bonds is 3. The Balaban J connectivity index is 1.69. The second-order valence-corrected chi connectivity index (χ2v) is 8.00. The Bertz CT molecular complexity index is 1220. The van der Waals surface area contributed by atoms with E-state index in [2.05, 4.69) is 47.4 Å². The van der Waals surface area contributed by atoms with E-state index in [4.69, 9.17) is 4.42 Å². The molecular formula is C26H24N2O. The zero-order valence-corrected chi connectivity index (χ0v) is 16.7. The van der Waals surface area contributed by atoms with Crippen LogP contribution in [0, 0.1) is 11.3 Å². The van der Waals surface area contributed by atoms with Gasteiger partial charge in [-0.2, -0.15) is 5.26 Å². The molecule has 1 saturated carbocycles. The molecule has 3 nitrogen and oxygen atoms in total. The van der Waals surface area contributed by atoms with Gasteiger partial charge in [-0.15, -0.1) is 0 Å². The first-order valence-electron chi connectivity index (χ1n) is 10.4. The fourth-order valence-electron chi connectivity index (χ4n) is 4.82. The van der Waals surface area contributed by atoms with Gasteiger partial charge >= 0.3 is 0 Å². The van der Waals surface area contributed by atoms with E-state index >= 15 is 0 Å². The van der Waals surface area contributed by atoms with Crippen LogP contribution in [0.25, 0.3) is 21.9 Å². The molecule has 1 aromatic heterocycles. The molecule has 0 N–H and O–H groups in total. The molecule has 1 aliphatic rings. The molecule has 0 saturated heterocycles. The van der Waals surface area contributed by atoms with Crippen LogP contribution in [0.15, 0.2) is 65.1 Å². The summed E-state index contributed by atoms with van der Waals surface area (Å²) < 4.78 is 6.56. The van der Waals surface area contributed by atoms with Crippen LogP contribution in [-0.4, -0.2) is 7.05 Å². The average Bonchev–Trinajstić information content (AvgIpc) is 3.18. The SMILES string of the molecule is CN(c1ccccc1C#N)c1cccc2c1oc1c(C3CCCCC3)cccc12. The van der Waals surface area contributed by atoms with Crippen molar-refractivity contribution in [2.24, 2.45) is 0 Å². The van der Waals surface area contributed by atoms with E-state index in [0.29, 0.717) is 11.5 Å². The molecule has 3 aromatic carbocycles. The highest BCUT2D eigenvalue weighted by molar-refractivity contribution is 6.10. The normalized spacial score (nSPS) is 14.9. The number of nitrogens with zero attached hydrogens (tertiary/aromatic N) is 2. The predicted molar refractivity (Wildman–Crippen MR) is 119 cm³/mol. The Labute approximate surface area is 171 Å². The van der Waals surface area contributed by atoms with Crippen LogP contribution in [0.5, 0.6) is 0 Å². The number of hydrogen-bond donors (Lipinski definition) is 0. The van der Waals surface area contributed by atoms with Crippen molar-refractivity contribution in [3.05, 3.63) is 71.8 Å². The van der Waals surface area contributed by atoms with E-state index < -0.39 is 0 Å². The fraction of sp³-hybridized carbons (Fsp3) is 0.269. The summed E-state index contributed by atoms with van der Waals surface area (Å²) in [7, 11) is 2.00. The Kier molecular flexibility index (Phi) is 4.48. The lowest BCUT2D eigenvalue weighted by Crippen LogP contribution is -2.11. The van der Waals surface area contributed by atoms with E-state index in [1.54, 1.807) is 0 Å². The van der Waals surface area contributed by atoms with Gasteiger partial charge < -0.3 is 9.32 Å². The zero-order chi connectivity index (χ0) is 19.8. The number of nitriles is 1. The molecule has 1 aliphatic carbocycles. The smallest absolute Gasteiger partial charge is 0.159 e. The van der Waals surface area contributed by atoms with E-state index in [9.17, 15) is 5.26 Å². The first-order valence-corrected chi connectivity index (χ1v) is 10.4. The van der Waals surface area contributed by atoms with Gasteiger partial charge in [0.1, 0.15) is 11.7 Å². The summed E-state index contributed by atoms with van der Waals surface area (Å²) in [5.74, 6) is 0.591. The molecule has 0 amide bonds. The van der Waals surface area contributed by atoms with Crippen molar-refractivity contribution in [1.29, 1.82) is 5.26 Å². The predicted octanol–water partition coefficient (Wildman–Crippen LogP) is 7.27. The van der Waals surface area contributed by atoms with Crippen molar-refractivity contribution < 1.29 is 4.42 Å². The van der Waals surface area contributed by atoms with Crippen molar-refractivity contribution in [3.8, 4) is 6.07 Å². The third-order valence-electron chi connectivity index (χ3n) is 6.33. The van der Waals surface area contributed by atoms with Gasteiger partial charge in [0.05, 0.1) is 16.9 Å². The lowest BCUT2D eigenvalue weighted by molar-refractivity contribution is 0.442. The standard InChI is InChI=1S/C26H24N2O/c1-28(23-15-6-5-11-19(23)17-27)24-16-8-14-22-21-13-7-12-20(25(21)29-26(22)24)18-9-3-2-4-10-18/h5-8,11-16,18H,2-4,9-10H2,1H3. The van der Waals surface area contributed by atoms with Gasteiger partial charge in [0.2, 0.25) is 0 Å². The molecule has 4 aromatic rings. The minimum Gasteiger partial charge on any atom is -0.454 e. The number of para-hydroxylation sites is 3. The summed E-state index contributed by atoms with van der Waals surface area (Å²) >= 11 is 0. The topological polar surface area (TPSA) is 40.2 Å². The fourth-order valence-corrected chi connectivity index (χ4v) is 4.82. The highest BCUT2D eigenvalue weighted by Gasteiger charge is 2.22. The van der Waals surface area contributed by atoms with Crippen molar-refractivity contribution in [2.75, 3.05) is 11.9 Å². The molecule has 3 heteroatoms. The van der Waals surface area contributed by atoms with Crippen molar-refractivity contribution in [1.82, 2.24) is 0 Å². The van der Waals surface area contributed by atoms with Gasteiger partial charge in [0.15, 0.2) is 5.58 Å². The summed E-state index contributed by atoms with van der Waals surface area (Å²) in [6.45, 7) is 0. The van der Waals surface area contributed by atoms with E-state index in [1.807, 2.05) is 31.3 Å². The van der Waals surface area contributed by atoms with Gasteiger partial charge in [-0.3, -0.25) is 0 Å². The lowest BCUT2D eigenvalue weighted by Gasteiger charge is -2.22. The number of furan rings is 1. The number of fused-ring (bicyclic) bond motifs is 3. The Morgan fingerprint density at radius 2 is 1.52 bits per heavy atom. The first-order chi connectivity index (χ1) is 14.3. The molecule has 0 atom stereocenters. The van der Waals surface area contributed by atoms with Crippen LogP contribution in [0.3, 0.4) is 0 Å². The highest BCUT2D eigenvalue weighted by atomic mass is 16.3. The van der Waals surface area contributed by atoms with Gasteiger partial charge in [0.25, 0.3) is 0 Å². The molecule has 1 fully saturated rings. The van der Waals surface area contributed by atoms with Crippen LogP contribution in [0.4, 0.5) is 11.4 Å². The molecule has 0 bridgehead atoms. The molecule has 0 radical (unpaired) electrons. The van der Waals surface area contributed by atoms with Crippen molar-refractivity contribution in [3.63, 3.8) is 0 Å². The third-order valence-corrected chi connectivity index (χ3v) is 6.33. The zero-order valence-electron chi connectivity index (χ0n) is 16.7. The maximum Gasteiger partial charge on any atom is 0.159 e. The largest absolute Gasteiger partial charge is 0.454 e. The maximum atomic E-state index is 9.52. The van der Waals surface area contributed by atoms with Crippen LogP contribution in [0.2, 0.25) is 0 Å². The molecule has 0 aliphatic heterocycles. The maximum absolute atomic E-state index is 9.52. The van der Waals surface area contributed by atoms with Gasteiger partial charge in [-0.25, -0.2) is 0 Å². The molecule has 29 heavy (non-hydrogen) atoms. The van der Waals surface area contributed by atoms with Crippen molar-refractivity contribution in [2.45, 2.75) is 38.0 Å². The minimum absolute atomic E-state index is 0.591. The van der Waals surface area contributed by atoms with E-state index in [0.717, 1.165) is 27.9 Å².